The molecule has 1 rings (SSSR count). The molecule has 0 aliphatic carbocycles. The zero-order valence-corrected chi connectivity index (χ0v) is 9.58. The molecule has 15 heavy (non-hydrogen) atoms. The number of rotatable bonds is 5. The van der Waals surface area contributed by atoms with Crippen molar-refractivity contribution >= 4 is 11.8 Å². The Labute approximate surface area is 90.5 Å². The fourth-order valence-electron chi connectivity index (χ4n) is 2.02. The predicted octanol–water partition coefficient (Wildman–Crippen LogP) is 2.25. The monoisotopic (exact) mass is 210 g/mol. The second-order valence-corrected chi connectivity index (χ2v) is 4.33. The maximum atomic E-state index is 11.1. The molecule has 0 fully saturated rings. The van der Waals surface area contributed by atoms with Gasteiger partial charge >= 0.3 is 5.97 Å². The molecule has 0 saturated heterocycles. The number of ketones is 1. The third kappa shape index (κ3) is 2.91. The van der Waals surface area contributed by atoms with Crippen molar-refractivity contribution < 1.29 is 14.3 Å². The number of ether oxygens (including phenoxy) is 1. The van der Waals surface area contributed by atoms with E-state index in [1.54, 1.807) is 13.0 Å². The van der Waals surface area contributed by atoms with Gasteiger partial charge in [-0.2, -0.15) is 0 Å². The number of carbonyl (C=O) groups excluding carboxylic acids is 2. The molecule has 0 unspecified atom stereocenters. The van der Waals surface area contributed by atoms with Crippen LogP contribution >= 0.6 is 0 Å². The molecule has 0 N–H and O–H groups in total. The fourth-order valence-corrected chi connectivity index (χ4v) is 2.02. The second kappa shape index (κ2) is 4.60. The average molecular weight is 210 g/mol. The van der Waals surface area contributed by atoms with Crippen molar-refractivity contribution in [1.29, 1.82) is 0 Å². The standard InChI is InChI=1S/C12H18O3/c1-4-5-10(8-9(2)13)12(3)7-6-11(14)15-12/h6-7,10H,4-5,8H2,1-3H3/t10-,12-/m0/s1. The predicted molar refractivity (Wildman–Crippen MR) is 57.3 cm³/mol. The molecule has 1 heterocycles. The maximum absolute atomic E-state index is 11.1. The number of cyclic esters (lactones) is 1. The Kier molecular flexibility index (Phi) is 3.66. The highest BCUT2D eigenvalue weighted by Crippen LogP contribution is 2.33. The molecule has 84 valence electrons. The molecule has 0 bridgehead atoms. The van der Waals surface area contributed by atoms with Gasteiger partial charge in [0.1, 0.15) is 11.4 Å². The smallest absolute Gasteiger partial charge is 0.331 e. The zero-order valence-electron chi connectivity index (χ0n) is 9.58. The van der Waals surface area contributed by atoms with Crippen molar-refractivity contribution in [3.05, 3.63) is 12.2 Å². The van der Waals surface area contributed by atoms with Gasteiger partial charge in [0.25, 0.3) is 0 Å². The van der Waals surface area contributed by atoms with Crippen LogP contribution in [-0.4, -0.2) is 17.4 Å². The van der Waals surface area contributed by atoms with Crippen molar-refractivity contribution in [3.63, 3.8) is 0 Å². The lowest BCUT2D eigenvalue weighted by atomic mass is 9.82. The molecule has 3 heteroatoms. The average Bonchev–Trinajstić information content (AvgIpc) is 2.46. The van der Waals surface area contributed by atoms with Gasteiger partial charge in [-0.3, -0.25) is 0 Å². The molecule has 0 aromatic heterocycles. The molecule has 3 nitrogen and oxygen atoms in total. The van der Waals surface area contributed by atoms with Crippen LogP contribution in [0.25, 0.3) is 0 Å². The van der Waals surface area contributed by atoms with Crippen LogP contribution in [0.3, 0.4) is 0 Å². The molecule has 1 aliphatic heterocycles. The highest BCUT2D eigenvalue weighted by molar-refractivity contribution is 5.85. The minimum Gasteiger partial charge on any atom is -0.452 e. The van der Waals surface area contributed by atoms with E-state index >= 15 is 0 Å². The molecule has 2 atom stereocenters. The van der Waals surface area contributed by atoms with Gasteiger partial charge < -0.3 is 9.53 Å². The largest absolute Gasteiger partial charge is 0.452 e. The Balaban J connectivity index is 2.74. The van der Waals surface area contributed by atoms with E-state index in [0.717, 1.165) is 12.8 Å². The normalized spacial score (nSPS) is 26.5. The highest BCUT2D eigenvalue weighted by atomic mass is 16.6. The summed E-state index contributed by atoms with van der Waals surface area (Å²) in [6.45, 7) is 5.52. The van der Waals surface area contributed by atoms with E-state index in [0.29, 0.717) is 6.42 Å². The molecule has 0 amide bonds. The molecule has 0 radical (unpaired) electrons. The molecule has 0 saturated carbocycles. The van der Waals surface area contributed by atoms with E-state index in [4.69, 9.17) is 4.74 Å². The summed E-state index contributed by atoms with van der Waals surface area (Å²) in [5, 5.41) is 0. The summed E-state index contributed by atoms with van der Waals surface area (Å²) in [4.78, 5) is 22.2. The summed E-state index contributed by atoms with van der Waals surface area (Å²) in [6, 6.07) is 0. The van der Waals surface area contributed by atoms with Crippen LogP contribution < -0.4 is 0 Å². The van der Waals surface area contributed by atoms with Crippen molar-refractivity contribution in [2.45, 2.75) is 45.6 Å². The van der Waals surface area contributed by atoms with Gasteiger partial charge in [0.2, 0.25) is 0 Å². The maximum Gasteiger partial charge on any atom is 0.331 e. The van der Waals surface area contributed by atoms with Crippen molar-refractivity contribution in [2.75, 3.05) is 0 Å². The van der Waals surface area contributed by atoms with E-state index in [2.05, 4.69) is 6.92 Å². The first-order valence-electron chi connectivity index (χ1n) is 5.39. The molecule has 0 aromatic rings. The van der Waals surface area contributed by atoms with E-state index in [9.17, 15) is 9.59 Å². The second-order valence-electron chi connectivity index (χ2n) is 4.33. The number of hydrogen-bond donors (Lipinski definition) is 0. The summed E-state index contributed by atoms with van der Waals surface area (Å²) < 4.78 is 5.26. The Morgan fingerprint density at radius 1 is 1.60 bits per heavy atom. The quantitative estimate of drug-likeness (QED) is 0.654. The minimum absolute atomic E-state index is 0.0997. The van der Waals surface area contributed by atoms with E-state index in [-0.39, 0.29) is 17.7 Å². The summed E-state index contributed by atoms with van der Waals surface area (Å²) in [7, 11) is 0. The number of esters is 1. The van der Waals surface area contributed by atoms with Crippen LogP contribution in [0.2, 0.25) is 0 Å². The van der Waals surface area contributed by atoms with Crippen molar-refractivity contribution in [2.24, 2.45) is 5.92 Å². The van der Waals surface area contributed by atoms with Crippen LogP contribution in [0.4, 0.5) is 0 Å². The summed E-state index contributed by atoms with van der Waals surface area (Å²) in [5.74, 6) is -0.0594. The van der Waals surface area contributed by atoms with Crippen LogP contribution in [0, 0.1) is 5.92 Å². The number of Topliss-reactive ketones (excluding diaryl/α,β-unsaturated/α-hetero) is 1. The van der Waals surface area contributed by atoms with E-state index in [1.807, 2.05) is 6.92 Å². The highest BCUT2D eigenvalue weighted by Gasteiger charge is 2.38. The lowest BCUT2D eigenvalue weighted by molar-refractivity contribution is -0.149. The topological polar surface area (TPSA) is 43.4 Å². The summed E-state index contributed by atoms with van der Waals surface area (Å²) >= 11 is 0. The van der Waals surface area contributed by atoms with Crippen LogP contribution in [0.15, 0.2) is 12.2 Å². The van der Waals surface area contributed by atoms with Gasteiger partial charge in [-0.25, -0.2) is 4.79 Å². The van der Waals surface area contributed by atoms with Crippen molar-refractivity contribution in [3.8, 4) is 0 Å². The van der Waals surface area contributed by atoms with Gasteiger partial charge in [0.15, 0.2) is 0 Å². The SMILES string of the molecule is CCC[C@@H](CC(C)=O)[C@]1(C)C=CC(=O)O1. The number of carbonyl (C=O) groups is 2. The Hall–Kier alpha value is -1.12. The number of hydrogen-bond acceptors (Lipinski definition) is 3. The zero-order chi connectivity index (χ0) is 11.5. The van der Waals surface area contributed by atoms with E-state index in [1.165, 1.54) is 6.08 Å². The third-order valence-corrected chi connectivity index (χ3v) is 2.85. The lowest BCUT2D eigenvalue weighted by Gasteiger charge is -2.30. The van der Waals surface area contributed by atoms with E-state index < -0.39 is 5.60 Å². The molecule has 0 aromatic carbocycles. The Morgan fingerprint density at radius 3 is 2.67 bits per heavy atom. The molecular weight excluding hydrogens is 192 g/mol. The van der Waals surface area contributed by atoms with Gasteiger partial charge in [-0.05, 0) is 26.3 Å². The van der Waals surface area contributed by atoms with Crippen LogP contribution in [-0.2, 0) is 14.3 Å². The lowest BCUT2D eigenvalue weighted by Crippen LogP contribution is -2.35. The van der Waals surface area contributed by atoms with Crippen LogP contribution in [0.5, 0.6) is 0 Å². The first kappa shape index (κ1) is 12.0. The Bertz CT molecular complexity index is 293. The van der Waals surface area contributed by atoms with Gasteiger partial charge in [-0.1, -0.05) is 13.3 Å². The summed E-state index contributed by atoms with van der Waals surface area (Å²) in [6.07, 6.45) is 5.58. The van der Waals surface area contributed by atoms with Crippen LogP contribution in [0.1, 0.15) is 40.0 Å². The fraction of sp³-hybridized carbons (Fsp3) is 0.667. The molecule has 1 aliphatic rings. The summed E-state index contributed by atoms with van der Waals surface area (Å²) in [5.41, 5.74) is -0.585. The van der Waals surface area contributed by atoms with Gasteiger partial charge in [0.05, 0.1) is 0 Å². The third-order valence-electron chi connectivity index (χ3n) is 2.85. The molecule has 0 spiro atoms. The van der Waals surface area contributed by atoms with Crippen molar-refractivity contribution in [1.82, 2.24) is 0 Å². The van der Waals surface area contributed by atoms with Gasteiger partial charge in [0, 0.05) is 18.4 Å². The Morgan fingerprint density at radius 2 is 2.27 bits per heavy atom. The minimum atomic E-state index is -0.585. The van der Waals surface area contributed by atoms with Gasteiger partial charge in [-0.15, -0.1) is 0 Å². The molecular formula is C12H18O3. The first-order valence-corrected chi connectivity index (χ1v) is 5.39. The first-order chi connectivity index (χ1) is 6.98.